The number of aromatic amines is 1. The molecule has 0 radical (unpaired) electrons. The van der Waals surface area contributed by atoms with Gasteiger partial charge < -0.3 is 19.0 Å². The average molecular weight is 391 g/mol. The Morgan fingerprint density at radius 1 is 1.33 bits per heavy atom. The number of fused-ring (bicyclic) bond motifs is 1. The van der Waals surface area contributed by atoms with Crippen LogP contribution < -0.4 is 5.56 Å². The molecule has 3 heterocycles. The van der Waals surface area contributed by atoms with Crippen molar-refractivity contribution in [2.75, 3.05) is 6.61 Å². The second-order valence-corrected chi connectivity index (χ2v) is 6.79. The summed E-state index contributed by atoms with van der Waals surface area (Å²) in [7, 11) is 0. The highest BCUT2D eigenvalue weighted by Crippen LogP contribution is 2.28. The summed E-state index contributed by atoms with van der Waals surface area (Å²) in [6.07, 6.45) is -0.839. The summed E-state index contributed by atoms with van der Waals surface area (Å²) >= 11 is 1.06. The fourth-order valence-electron chi connectivity index (χ4n) is 2.48. The second-order valence-electron chi connectivity index (χ2n) is 5.79. The first-order chi connectivity index (χ1) is 12.8. The minimum Gasteiger partial charge on any atom is -0.462 e. The van der Waals surface area contributed by atoms with E-state index in [0.717, 1.165) is 11.3 Å². The van der Waals surface area contributed by atoms with Crippen molar-refractivity contribution in [1.29, 1.82) is 0 Å². The number of hydrogen-bond acceptors (Lipinski definition) is 9. The predicted molar refractivity (Wildman–Crippen MR) is 96.0 cm³/mol. The van der Waals surface area contributed by atoms with Gasteiger partial charge in [0.25, 0.3) is 5.56 Å². The summed E-state index contributed by atoms with van der Waals surface area (Å²) in [4.78, 5) is 44.2. The Balaban J connectivity index is 1.92. The molecule has 1 N–H and O–H groups in total. The zero-order valence-corrected chi connectivity index (χ0v) is 15.9. The minimum atomic E-state index is -0.839. The molecule has 3 rings (SSSR count). The fourth-order valence-corrected chi connectivity index (χ4v) is 3.56. The summed E-state index contributed by atoms with van der Waals surface area (Å²) in [5.74, 6) is -1.10. The van der Waals surface area contributed by atoms with Gasteiger partial charge in [-0.1, -0.05) is 5.16 Å². The molecular formula is C17H17N3O6S. The lowest BCUT2D eigenvalue weighted by molar-refractivity contribution is 0.0274. The first kappa shape index (κ1) is 18.8. The number of carbonyl (C=O) groups is 2. The summed E-state index contributed by atoms with van der Waals surface area (Å²) in [5.41, 5.74) is 0.636. The Bertz CT molecular complexity index is 1080. The fraction of sp³-hybridized carbons (Fsp3) is 0.353. The zero-order valence-electron chi connectivity index (χ0n) is 15.1. The van der Waals surface area contributed by atoms with E-state index in [1.54, 1.807) is 27.7 Å². The monoisotopic (exact) mass is 391 g/mol. The largest absolute Gasteiger partial charge is 0.462 e. The standard InChI is InChI=1S/C17H17N3O6S/c1-5-24-17(23)12-8(3)11-14(21)18-13(19-15(11)27-12)9(4)25-16(22)10-6-7(2)20-26-10/h6,9H,5H2,1-4H3,(H,18,19,21)/t9-/m1/s1. The molecule has 27 heavy (non-hydrogen) atoms. The SMILES string of the molecule is CCOC(=O)c1sc2nc([C@@H](C)OC(=O)c3cc(C)no3)[nH]c(=O)c2c1C. The molecule has 3 aromatic heterocycles. The molecule has 0 saturated carbocycles. The van der Waals surface area contributed by atoms with Crippen LogP contribution in [0.2, 0.25) is 0 Å². The van der Waals surface area contributed by atoms with Gasteiger partial charge in [0, 0.05) is 6.07 Å². The third kappa shape index (κ3) is 3.61. The molecule has 0 unspecified atom stereocenters. The second kappa shape index (κ2) is 7.31. The number of H-pyrrole nitrogens is 1. The summed E-state index contributed by atoms with van der Waals surface area (Å²) < 4.78 is 15.1. The van der Waals surface area contributed by atoms with Crippen LogP contribution in [0.25, 0.3) is 10.2 Å². The Kier molecular flexibility index (Phi) is 5.08. The number of nitrogens with one attached hydrogen (secondary N) is 1. The van der Waals surface area contributed by atoms with E-state index in [4.69, 9.17) is 14.0 Å². The van der Waals surface area contributed by atoms with E-state index >= 15 is 0 Å². The number of hydrogen-bond donors (Lipinski definition) is 1. The van der Waals surface area contributed by atoms with Crippen LogP contribution in [0.3, 0.4) is 0 Å². The molecule has 0 aliphatic rings. The maximum absolute atomic E-state index is 12.5. The highest BCUT2D eigenvalue weighted by atomic mass is 32.1. The molecule has 0 aliphatic carbocycles. The van der Waals surface area contributed by atoms with Gasteiger partial charge in [-0.2, -0.15) is 0 Å². The first-order valence-electron chi connectivity index (χ1n) is 8.16. The van der Waals surface area contributed by atoms with Crippen LogP contribution in [-0.4, -0.2) is 33.7 Å². The van der Waals surface area contributed by atoms with Gasteiger partial charge in [0.2, 0.25) is 5.76 Å². The van der Waals surface area contributed by atoms with Crippen LogP contribution in [0.15, 0.2) is 15.4 Å². The Morgan fingerprint density at radius 3 is 2.70 bits per heavy atom. The Labute approximate surface area is 157 Å². The lowest BCUT2D eigenvalue weighted by Crippen LogP contribution is -2.17. The van der Waals surface area contributed by atoms with Crippen LogP contribution in [0, 0.1) is 13.8 Å². The summed E-state index contributed by atoms with van der Waals surface area (Å²) in [6.45, 7) is 6.84. The smallest absolute Gasteiger partial charge is 0.377 e. The quantitative estimate of drug-likeness (QED) is 0.658. The van der Waals surface area contributed by atoms with Gasteiger partial charge >= 0.3 is 11.9 Å². The van der Waals surface area contributed by atoms with Gasteiger partial charge in [0.1, 0.15) is 9.71 Å². The molecule has 0 aromatic carbocycles. The van der Waals surface area contributed by atoms with E-state index in [0.29, 0.717) is 26.4 Å². The lowest BCUT2D eigenvalue weighted by Gasteiger charge is -2.11. The van der Waals surface area contributed by atoms with Crippen molar-refractivity contribution >= 4 is 33.5 Å². The molecule has 0 amide bonds. The molecular weight excluding hydrogens is 374 g/mol. The number of ether oxygens (including phenoxy) is 2. The highest BCUT2D eigenvalue weighted by Gasteiger charge is 2.23. The van der Waals surface area contributed by atoms with Crippen LogP contribution in [0.1, 0.15) is 57.3 Å². The number of esters is 2. The van der Waals surface area contributed by atoms with E-state index in [1.807, 2.05) is 0 Å². The molecule has 0 bridgehead atoms. The average Bonchev–Trinajstić information content (AvgIpc) is 3.19. The first-order valence-corrected chi connectivity index (χ1v) is 8.98. The van der Waals surface area contributed by atoms with Crippen LogP contribution in [0.4, 0.5) is 0 Å². The van der Waals surface area contributed by atoms with E-state index < -0.39 is 23.6 Å². The number of aromatic nitrogens is 3. The molecule has 0 fully saturated rings. The van der Waals surface area contributed by atoms with Crippen LogP contribution in [-0.2, 0) is 9.47 Å². The van der Waals surface area contributed by atoms with Crippen LogP contribution >= 0.6 is 11.3 Å². The van der Waals surface area contributed by atoms with Crippen molar-refractivity contribution in [1.82, 2.24) is 15.1 Å². The van der Waals surface area contributed by atoms with Crippen molar-refractivity contribution in [3.8, 4) is 0 Å². The maximum atomic E-state index is 12.5. The molecule has 0 aliphatic heterocycles. The molecule has 0 saturated heterocycles. The normalized spacial score (nSPS) is 12.1. The number of rotatable bonds is 5. The maximum Gasteiger partial charge on any atom is 0.377 e. The van der Waals surface area contributed by atoms with Gasteiger partial charge in [-0.3, -0.25) is 4.79 Å². The number of aryl methyl sites for hydroxylation is 2. The molecule has 9 nitrogen and oxygen atoms in total. The van der Waals surface area contributed by atoms with E-state index in [2.05, 4.69) is 15.1 Å². The van der Waals surface area contributed by atoms with Crippen molar-refractivity contribution < 1.29 is 23.6 Å². The van der Waals surface area contributed by atoms with Crippen molar-refractivity contribution in [2.24, 2.45) is 0 Å². The van der Waals surface area contributed by atoms with Crippen LogP contribution in [0.5, 0.6) is 0 Å². The Morgan fingerprint density at radius 2 is 2.07 bits per heavy atom. The third-order valence-electron chi connectivity index (χ3n) is 3.78. The van der Waals surface area contributed by atoms with E-state index in [-0.39, 0.29) is 18.2 Å². The van der Waals surface area contributed by atoms with Gasteiger partial charge in [-0.05, 0) is 33.3 Å². The molecule has 1 atom stereocenters. The van der Waals surface area contributed by atoms with Gasteiger partial charge in [-0.25, -0.2) is 14.6 Å². The third-order valence-corrected chi connectivity index (χ3v) is 4.94. The van der Waals surface area contributed by atoms with Gasteiger partial charge in [0.15, 0.2) is 11.9 Å². The molecule has 10 heteroatoms. The van der Waals surface area contributed by atoms with Gasteiger partial charge in [-0.15, -0.1) is 11.3 Å². The minimum absolute atomic E-state index is 0.0423. The van der Waals surface area contributed by atoms with Crippen molar-refractivity contribution in [3.05, 3.63) is 44.1 Å². The van der Waals surface area contributed by atoms with Gasteiger partial charge in [0.05, 0.1) is 17.7 Å². The molecule has 3 aromatic rings. The predicted octanol–water partition coefficient (Wildman–Crippen LogP) is 2.68. The van der Waals surface area contributed by atoms with Crippen molar-refractivity contribution in [3.63, 3.8) is 0 Å². The Hall–Kier alpha value is -3.01. The lowest BCUT2D eigenvalue weighted by atomic mass is 10.2. The summed E-state index contributed by atoms with van der Waals surface area (Å²) in [6, 6.07) is 1.45. The van der Waals surface area contributed by atoms with E-state index in [1.165, 1.54) is 6.07 Å². The van der Waals surface area contributed by atoms with Crippen molar-refractivity contribution in [2.45, 2.75) is 33.8 Å². The summed E-state index contributed by atoms with van der Waals surface area (Å²) in [5, 5.41) is 3.94. The molecule has 142 valence electrons. The van der Waals surface area contributed by atoms with E-state index in [9.17, 15) is 14.4 Å². The number of carbonyl (C=O) groups excluding carboxylic acids is 2. The highest BCUT2D eigenvalue weighted by molar-refractivity contribution is 7.20. The number of thiophene rings is 1. The zero-order chi connectivity index (χ0) is 19.7. The number of nitrogens with zero attached hydrogens (tertiary/aromatic N) is 2. The molecule has 0 spiro atoms. The topological polar surface area (TPSA) is 124 Å².